The number of hydrogen-bond acceptors (Lipinski definition) is 2. The maximum Gasteiger partial charge on any atom is 0.270 e. The summed E-state index contributed by atoms with van der Waals surface area (Å²) in [5.41, 5.74) is 0.652. The number of rotatable bonds is 5. The van der Waals surface area contributed by atoms with Crippen molar-refractivity contribution in [2.45, 2.75) is 39.8 Å². The van der Waals surface area contributed by atoms with Gasteiger partial charge in [0.25, 0.3) is 5.91 Å². The van der Waals surface area contributed by atoms with Crippen molar-refractivity contribution < 1.29 is 9.90 Å². The van der Waals surface area contributed by atoms with E-state index in [0.717, 1.165) is 4.47 Å². The molecule has 0 aliphatic rings. The Bertz CT molecular complexity index is 413. The van der Waals surface area contributed by atoms with Crippen molar-refractivity contribution in [3.8, 4) is 0 Å². The largest absolute Gasteiger partial charge is 0.395 e. The van der Waals surface area contributed by atoms with Crippen molar-refractivity contribution >= 4 is 21.8 Å². The molecule has 0 radical (unpaired) electrons. The molecule has 0 unspecified atom stereocenters. The van der Waals surface area contributed by atoms with E-state index in [9.17, 15) is 4.79 Å². The molecular formula is C13H21BrN2O2. The fourth-order valence-corrected chi connectivity index (χ4v) is 2.33. The monoisotopic (exact) mass is 316 g/mol. The van der Waals surface area contributed by atoms with Gasteiger partial charge in [-0.05, 0) is 49.7 Å². The van der Waals surface area contributed by atoms with E-state index in [2.05, 4.69) is 15.9 Å². The van der Waals surface area contributed by atoms with E-state index < -0.39 is 0 Å². The molecule has 1 N–H and O–H groups in total. The van der Waals surface area contributed by atoms with Crippen LogP contribution in [0.15, 0.2) is 16.7 Å². The summed E-state index contributed by atoms with van der Waals surface area (Å²) in [7, 11) is 0. The molecule has 1 aromatic heterocycles. The minimum atomic E-state index is -0.0431. The number of amides is 1. The van der Waals surface area contributed by atoms with Gasteiger partial charge in [-0.25, -0.2) is 0 Å². The van der Waals surface area contributed by atoms with E-state index in [4.69, 9.17) is 5.11 Å². The number of nitrogens with zero attached hydrogens (tertiary/aromatic N) is 2. The third-order valence-corrected chi connectivity index (χ3v) is 3.25. The summed E-state index contributed by atoms with van der Waals surface area (Å²) < 4.78 is 2.84. The molecular weight excluding hydrogens is 296 g/mol. The lowest BCUT2D eigenvalue weighted by atomic mass is 10.2. The van der Waals surface area contributed by atoms with Crippen molar-refractivity contribution in [3.63, 3.8) is 0 Å². The maximum absolute atomic E-state index is 12.5. The van der Waals surface area contributed by atoms with Crippen LogP contribution < -0.4 is 0 Å². The zero-order chi connectivity index (χ0) is 13.9. The van der Waals surface area contributed by atoms with E-state index in [1.807, 2.05) is 44.5 Å². The van der Waals surface area contributed by atoms with Gasteiger partial charge in [0.2, 0.25) is 0 Å². The van der Waals surface area contributed by atoms with Crippen LogP contribution in [-0.2, 0) is 0 Å². The third-order valence-electron chi connectivity index (χ3n) is 2.82. The van der Waals surface area contributed by atoms with Crippen LogP contribution in [0.3, 0.4) is 0 Å². The molecule has 1 amide bonds. The molecule has 0 atom stereocenters. The number of aromatic nitrogens is 1. The van der Waals surface area contributed by atoms with E-state index in [1.54, 1.807) is 4.90 Å². The van der Waals surface area contributed by atoms with Gasteiger partial charge in [0, 0.05) is 29.3 Å². The molecule has 5 heteroatoms. The van der Waals surface area contributed by atoms with Crippen LogP contribution in [0.25, 0.3) is 0 Å². The van der Waals surface area contributed by atoms with E-state index >= 15 is 0 Å². The second-order valence-corrected chi connectivity index (χ2v) is 5.78. The van der Waals surface area contributed by atoms with Gasteiger partial charge in [-0.2, -0.15) is 0 Å². The van der Waals surface area contributed by atoms with E-state index in [-0.39, 0.29) is 24.6 Å². The standard InChI is InChI=1S/C13H21BrN2O2/c1-9(2)15(5-6-17)13(18)12-7-11(14)8-16(12)10(3)4/h7-10,17H,5-6H2,1-4H3. The summed E-state index contributed by atoms with van der Waals surface area (Å²) in [5, 5.41) is 9.06. The first-order chi connectivity index (χ1) is 8.38. The SMILES string of the molecule is CC(C)N(CCO)C(=O)c1cc(Br)cn1C(C)C. The number of aliphatic hydroxyl groups excluding tert-OH is 1. The molecule has 0 aliphatic carbocycles. The Kier molecular flexibility index (Phi) is 5.41. The summed E-state index contributed by atoms with van der Waals surface area (Å²) in [6.07, 6.45) is 1.91. The quantitative estimate of drug-likeness (QED) is 0.907. The number of aliphatic hydroxyl groups is 1. The fraction of sp³-hybridized carbons (Fsp3) is 0.615. The van der Waals surface area contributed by atoms with E-state index in [0.29, 0.717) is 12.2 Å². The summed E-state index contributed by atoms with van der Waals surface area (Å²) in [4.78, 5) is 14.2. The van der Waals surface area contributed by atoms with Gasteiger partial charge < -0.3 is 14.6 Å². The maximum atomic E-state index is 12.5. The predicted molar refractivity (Wildman–Crippen MR) is 75.8 cm³/mol. The summed E-state index contributed by atoms with van der Waals surface area (Å²) in [6.45, 7) is 8.31. The molecule has 1 rings (SSSR count). The molecule has 1 heterocycles. The lowest BCUT2D eigenvalue weighted by Crippen LogP contribution is -2.40. The number of carbonyl (C=O) groups is 1. The average molecular weight is 317 g/mol. The first kappa shape index (κ1) is 15.2. The van der Waals surface area contributed by atoms with Crippen LogP contribution in [-0.4, -0.2) is 39.7 Å². The van der Waals surface area contributed by atoms with Crippen molar-refractivity contribution in [2.75, 3.05) is 13.2 Å². The second-order valence-electron chi connectivity index (χ2n) is 4.86. The van der Waals surface area contributed by atoms with Gasteiger partial charge in [0.05, 0.1) is 6.61 Å². The predicted octanol–water partition coefficient (Wildman–Crippen LogP) is 2.67. The normalized spacial score (nSPS) is 11.3. The van der Waals surface area contributed by atoms with Crippen molar-refractivity contribution in [2.24, 2.45) is 0 Å². The highest BCUT2D eigenvalue weighted by molar-refractivity contribution is 9.10. The molecule has 0 aromatic carbocycles. The van der Waals surface area contributed by atoms with Crippen LogP contribution in [0, 0.1) is 0 Å². The van der Waals surface area contributed by atoms with Gasteiger partial charge >= 0.3 is 0 Å². The molecule has 0 saturated carbocycles. The Morgan fingerprint density at radius 2 is 2.06 bits per heavy atom. The highest BCUT2D eigenvalue weighted by Gasteiger charge is 2.22. The zero-order valence-corrected chi connectivity index (χ0v) is 12.9. The highest BCUT2D eigenvalue weighted by atomic mass is 79.9. The van der Waals surface area contributed by atoms with Gasteiger partial charge in [-0.1, -0.05) is 0 Å². The van der Waals surface area contributed by atoms with Crippen molar-refractivity contribution in [1.29, 1.82) is 0 Å². The van der Waals surface area contributed by atoms with Crippen LogP contribution in [0.1, 0.15) is 44.2 Å². The fourth-order valence-electron chi connectivity index (χ4n) is 1.89. The molecule has 0 fully saturated rings. The second kappa shape index (κ2) is 6.38. The lowest BCUT2D eigenvalue weighted by Gasteiger charge is -2.27. The Morgan fingerprint density at radius 1 is 1.44 bits per heavy atom. The summed E-state index contributed by atoms with van der Waals surface area (Å²) in [5.74, 6) is -0.0431. The van der Waals surface area contributed by atoms with E-state index in [1.165, 1.54) is 0 Å². The molecule has 0 saturated heterocycles. The zero-order valence-electron chi connectivity index (χ0n) is 11.4. The summed E-state index contributed by atoms with van der Waals surface area (Å²) >= 11 is 3.40. The third kappa shape index (κ3) is 3.36. The van der Waals surface area contributed by atoms with Gasteiger partial charge in [0.1, 0.15) is 5.69 Å². The number of halogens is 1. The molecule has 0 aliphatic heterocycles. The Balaban J connectivity index is 3.08. The Labute approximate surface area is 117 Å². The van der Waals surface area contributed by atoms with Gasteiger partial charge in [0.15, 0.2) is 0 Å². The Morgan fingerprint density at radius 3 is 2.50 bits per heavy atom. The van der Waals surface area contributed by atoms with Crippen LogP contribution in [0.5, 0.6) is 0 Å². The minimum absolute atomic E-state index is 0.0204. The number of hydrogen-bond donors (Lipinski definition) is 1. The van der Waals surface area contributed by atoms with Gasteiger partial charge in [-0.3, -0.25) is 4.79 Å². The molecule has 1 aromatic rings. The molecule has 102 valence electrons. The summed E-state index contributed by atoms with van der Waals surface area (Å²) in [6, 6.07) is 2.12. The van der Waals surface area contributed by atoms with Crippen molar-refractivity contribution in [1.82, 2.24) is 9.47 Å². The number of carbonyl (C=O) groups excluding carboxylic acids is 1. The molecule has 4 nitrogen and oxygen atoms in total. The topological polar surface area (TPSA) is 45.5 Å². The van der Waals surface area contributed by atoms with Crippen LogP contribution in [0.4, 0.5) is 0 Å². The molecule has 0 spiro atoms. The van der Waals surface area contributed by atoms with Crippen LogP contribution in [0.2, 0.25) is 0 Å². The Hall–Kier alpha value is -0.810. The first-order valence-corrected chi connectivity index (χ1v) is 6.97. The average Bonchev–Trinajstić information content (AvgIpc) is 2.67. The highest BCUT2D eigenvalue weighted by Crippen LogP contribution is 2.21. The minimum Gasteiger partial charge on any atom is -0.395 e. The molecule has 18 heavy (non-hydrogen) atoms. The smallest absolute Gasteiger partial charge is 0.270 e. The lowest BCUT2D eigenvalue weighted by molar-refractivity contribution is 0.0653. The van der Waals surface area contributed by atoms with Crippen molar-refractivity contribution in [3.05, 3.63) is 22.4 Å². The molecule has 0 bridgehead atoms. The van der Waals surface area contributed by atoms with Crippen LogP contribution >= 0.6 is 15.9 Å². The first-order valence-electron chi connectivity index (χ1n) is 6.17. The van der Waals surface area contributed by atoms with Gasteiger partial charge in [-0.15, -0.1) is 0 Å².